The van der Waals surface area contributed by atoms with Crippen molar-refractivity contribution in [3.8, 4) is 0 Å². The lowest BCUT2D eigenvalue weighted by Gasteiger charge is -2.06. The van der Waals surface area contributed by atoms with Crippen LogP contribution >= 0.6 is 0 Å². The van der Waals surface area contributed by atoms with Crippen LogP contribution in [0.5, 0.6) is 0 Å². The average Bonchev–Trinajstić information content (AvgIpc) is 2.35. The van der Waals surface area contributed by atoms with Crippen LogP contribution in [0, 0.1) is 0 Å². The first-order chi connectivity index (χ1) is 8.63. The smallest absolute Gasteiger partial charge is 0.248 e. The molecule has 2 amide bonds. The van der Waals surface area contributed by atoms with E-state index >= 15 is 0 Å². The van der Waals surface area contributed by atoms with Crippen molar-refractivity contribution in [2.45, 2.75) is 25.7 Å². The van der Waals surface area contributed by atoms with E-state index in [1.54, 1.807) is 24.3 Å². The van der Waals surface area contributed by atoms with E-state index in [-0.39, 0.29) is 5.91 Å². The number of rotatable bonds is 7. The quantitative estimate of drug-likeness (QED) is 0.634. The fourth-order valence-electron chi connectivity index (χ4n) is 1.58. The molecule has 5 nitrogen and oxygen atoms in total. The number of amides is 2. The van der Waals surface area contributed by atoms with Gasteiger partial charge in [0, 0.05) is 17.7 Å². The van der Waals surface area contributed by atoms with Crippen LogP contribution in [0.1, 0.15) is 36.0 Å². The third kappa shape index (κ3) is 4.97. The van der Waals surface area contributed by atoms with Crippen molar-refractivity contribution in [3.63, 3.8) is 0 Å². The van der Waals surface area contributed by atoms with Crippen molar-refractivity contribution in [1.29, 1.82) is 0 Å². The number of anilines is 1. The minimum absolute atomic E-state index is 0.0614. The van der Waals surface area contributed by atoms with Gasteiger partial charge in [-0.3, -0.25) is 9.59 Å². The molecule has 0 aromatic heterocycles. The summed E-state index contributed by atoms with van der Waals surface area (Å²) in [5.74, 6) is -0.567. The molecule has 5 N–H and O–H groups in total. The van der Waals surface area contributed by atoms with E-state index in [2.05, 4.69) is 5.32 Å². The maximum atomic E-state index is 11.6. The summed E-state index contributed by atoms with van der Waals surface area (Å²) in [6.07, 6.45) is 3.16. The topological polar surface area (TPSA) is 98.2 Å². The summed E-state index contributed by atoms with van der Waals surface area (Å²) >= 11 is 0. The van der Waals surface area contributed by atoms with Crippen LogP contribution in [0.15, 0.2) is 24.3 Å². The molecule has 0 atom stereocenters. The van der Waals surface area contributed by atoms with E-state index in [9.17, 15) is 9.59 Å². The molecule has 1 aromatic carbocycles. The van der Waals surface area contributed by atoms with Gasteiger partial charge in [0.1, 0.15) is 0 Å². The Balaban J connectivity index is 2.44. The van der Waals surface area contributed by atoms with Crippen LogP contribution in [0.2, 0.25) is 0 Å². The molecule has 5 heteroatoms. The highest BCUT2D eigenvalue weighted by Gasteiger charge is 2.04. The lowest BCUT2D eigenvalue weighted by molar-refractivity contribution is -0.116. The number of nitrogens with one attached hydrogen (secondary N) is 1. The molecule has 0 saturated carbocycles. The summed E-state index contributed by atoms with van der Waals surface area (Å²) in [4.78, 5) is 22.6. The lowest BCUT2D eigenvalue weighted by atomic mass is 10.1. The molecule has 0 spiro atoms. The van der Waals surface area contributed by atoms with Gasteiger partial charge >= 0.3 is 0 Å². The number of hydrogen-bond acceptors (Lipinski definition) is 3. The van der Waals surface area contributed by atoms with Crippen LogP contribution in [0.3, 0.4) is 0 Å². The Bertz CT molecular complexity index is 418. The number of unbranched alkanes of at least 4 members (excludes halogenated alkanes) is 2. The van der Waals surface area contributed by atoms with Crippen LogP contribution in [-0.4, -0.2) is 18.4 Å². The standard InChI is InChI=1S/C13H19N3O2/c14-8-3-1-2-7-12(17)16-11-6-4-5-10(9-11)13(15)18/h4-6,9H,1-3,7-8,14H2,(H2,15,18)(H,16,17). The predicted molar refractivity (Wildman–Crippen MR) is 71.1 cm³/mol. The summed E-state index contributed by atoms with van der Waals surface area (Å²) in [5.41, 5.74) is 11.5. The number of primary amides is 1. The van der Waals surface area contributed by atoms with Crippen LogP contribution < -0.4 is 16.8 Å². The Morgan fingerprint density at radius 3 is 2.61 bits per heavy atom. The minimum Gasteiger partial charge on any atom is -0.366 e. The molecule has 0 fully saturated rings. The van der Waals surface area contributed by atoms with E-state index in [1.165, 1.54) is 0 Å². The second-order valence-corrected chi connectivity index (χ2v) is 4.09. The van der Waals surface area contributed by atoms with Crippen molar-refractivity contribution in [2.75, 3.05) is 11.9 Å². The number of carbonyl (C=O) groups is 2. The second-order valence-electron chi connectivity index (χ2n) is 4.09. The molecule has 0 bridgehead atoms. The molecule has 0 aliphatic heterocycles. The Morgan fingerprint density at radius 1 is 1.17 bits per heavy atom. The van der Waals surface area contributed by atoms with Gasteiger partial charge < -0.3 is 16.8 Å². The molecule has 0 heterocycles. The molecule has 98 valence electrons. The van der Waals surface area contributed by atoms with E-state index in [0.29, 0.717) is 24.2 Å². The summed E-state index contributed by atoms with van der Waals surface area (Å²) in [7, 11) is 0. The van der Waals surface area contributed by atoms with Gasteiger partial charge in [-0.2, -0.15) is 0 Å². The fraction of sp³-hybridized carbons (Fsp3) is 0.385. The van der Waals surface area contributed by atoms with Gasteiger partial charge in [-0.15, -0.1) is 0 Å². The maximum Gasteiger partial charge on any atom is 0.248 e. The molecule has 0 aliphatic rings. The van der Waals surface area contributed by atoms with Crippen LogP contribution in [-0.2, 0) is 4.79 Å². The number of carbonyl (C=O) groups excluding carboxylic acids is 2. The normalized spacial score (nSPS) is 10.1. The number of benzene rings is 1. The highest BCUT2D eigenvalue weighted by Crippen LogP contribution is 2.11. The van der Waals surface area contributed by atoms with Gasteiger partial charge in [-0.05, 0) is 37.6 Å². The molecule has 0 radical (unpaired) electrons. The van der Waals surface area contributed by atoms with Crippen molar-refractivity contribution in [1.82, 2.24) is 0 Å². The molecular formula is C13H19N3O2. The zero-order chi connectivity index (χ0) is 13.4. The predicted octanol–water partition coefficient (Wildman–Crippen LogP) is 1.24. The largest absolute Gasteiger partial charge is 0.366 e. The third-order valence-corrected chi connectivity index (χ3v) is 2.54. The van der Waals surface area contributed by atoms with Crippen molar-refractivity contribution in [2.24, 2.45) is 11.5 Å². The first kappa shape index (κ1) is 14.2. The van der Waals surface area contributed by atoms with Crippen LogP contribution in [0.25, 0.3) is 0 Å². The number of nitrogens with two attached hydrogens (primary N) is 2. The highest BCUT2D eigenvalue weighted by atomic mass is 16.2. The molecule has 1 aromatic rings. The SMILES string of the molecule is NCCCCCC(=O)Nc1cccc(C(N)=O)c1. The molecule has 1 rings (SSSR count). The summed E-state index contributed by atoms with van der Waals surface area (Å²) in [5, 5.41) is 2.74. The number of hydrogen-bond donors (Lipinski definition) is 3. The average molecular weight is 249 g/mol. The maximum absolute atomic E-state index is 11.6. The van der Waals surface area contributed by atoms with Gasteiger partial charge in [0.15, 0.2) is 0 Å². The fourth-order valence-corrected chi connectivity index (χ4v) is 1.58. The third-order valence-electron chi connectivity index (χ3n) is 2.54. The molecule has 0 aliphatic carbocycles. The van der Waals surface area contributed by atoms with Crippen molar-refractivity contribution < 1.29 is 9.59 Å². The Morgan fingerprint density at radius 2 is 1.94 bits per heavy atom. The molecule has 0 unspecified atom stereocenters. The monoisotopic (exact) mass is 249 g/mol. The zero-order valence-corrected chi connectivity index (χ0v) is 10.3. The highest BCUT2D eigenvalue weighted by molar-refractivity contribution is 5.96. The summed E-state index contributed by atoms with van der Waals surface area (Å²) < 4.78 is 0. The first-order valence-electron chi connectivity index (χ1n) is 6.03. The zero-order valence-electron chi connectivity index (χ0n) is 10.3. The van der Waals surface area contributed by atoms with E-state index in [1.807, 2.05) is 0 Å². The Kier molecular flexibility index (Phi) is 5.87. The van der Waals surface area contributed by atoms with E-state index in [4.69, 9.17) is 11.5 Å². The molecule has 18 heavy (non-hydrogen) atoms. The van der Waals surface area contributed by atoms with Crippen molar-refractivity contribution >= 4 is 17.5 Å². The second kappa shape index (κ2) is 7.45. The lowest BCUT2D eigenvalue weighted by Crippen LogP contribution is -2.14. The van der Waals surface area contributed by atoms with Gasteiger partial charge in [0.05, 0.1) is 0 Å². The van der Waals surface area contributed by atoms with E-state index in [0.717, 1.165) is 19.3 Å². The van der Waals surface area contributed by atoms with Gasteiger partial charge in [0.25, 0.3) is 0 Å². The summed E-state index contributed by atoms with van der Waals surface area (Å²) in [6.45, 7) is 0.655. The summed E-state index contributed by atoms with van der Waals surface area (Å²) in [6, 6.07) is 6.59. The van der Waals surface area contributed by atoms with Gasteiger partial charge in [-0.1, -0.05) is 12.5 Å². The van der Waals surface area contributed by atoms with Crippen LogP contribution in [0.4, 0.5) is 5.69 Å². The van der Waals surface area contributed by atoms with Crippen molar-refractivity contribution in [3.05, 3.63) is 29.8 Å². The molecule has 0 saturated heterocycles. The Labute approximate surface area is 107 Å². The Hall–Kier alpha value is -1.88. The van der Waals surface area contributed by atoms with Gasteiger partial charge in [-0.25, -0.2) is 0 Å². The van der Waals surface area contributed by atoms with E-state index < -0.39 is 5.91 Å². The minimum atomic E-state index is -0.506. The molecular weight excluding hydrogens is 230 g/mol. The van der Waals surface area contributed by atoms with Gasteiger partial charge in [0.2, 0.25) is 11.8 Å². The first-order valence-corrected chi connectivity index (χ1v) is 6.03.